The Morgan fingerprint density at radius 1 is 1.44 bits per heavy atom. The van der Waals surface area contributed by atoms with E-state index in [1.54, 1.807) is 12.1 Å². The maximum Gasteiger partial charge on any atom is 0.0681 e. The van der Waals surface area contributed by atoms with Gasteiger partial charge in [0, 0.05) is 0 Å². The van der Waals surface area contributed by atoms with Crippen molar-refractivity contribution in [2.24, 2.45) is 0 Å². The summed E-state index contributed by atoms with van der Waals surface area (Å²) in [5.41, 5.74) is 1.79. The molecule has 0 aliphatic carbocycles. The molecule has 48 valence electrons. The first-order chi connectivity index (χ1) is 4.70. The molecule has 0 amide bonds. The van der Waals surface area contributed by atoms with Crippen LogP contribution in [0.5, 0.6) is 0 Å². The Balaban J connectivity index is 2.89. The van der Waals surface area contributed by atoms with Crippen LogP contribution in [0.15, 0.2) is 24.3 Å². The molecule has 0 aromatic heterocycles. The van der Waals surface area contributed by atoms with Gasteiger partial charge < -0.3 is 5.11 Å². The van der Waals surface area contributed by atoms with E-state index in [0.717, 1.165) is 5.56 Å². The Bertz CT molecular complexity index is 203. The molecule has 0 aliphatic heterocycles. The Kier molecular flexibility index (Phi) is 1.47. The minimum absolute atomic E-state index is 0.644. The van der Waals surface area contributed by atoms with E-state index in [9.17, 15) is 0 Å². The highest BCUT2D eigenvalue weighted by Crippen LogP contribution is 2.01. The molecule has 0 saturated carbocycles. The quantitative estimate of drug-likeness (QED) is 0.599. The third-order valence-corrected chi connectivity index (χ3v) is 1.23. The number of hydrogen-bond acceptors (Lipinski definition) is 1. The maximum atomic E-state index is 8.78. The third-order valence-electron chi connectivity index (χ3n) is 1.23. The van der Waals surface area contributed by atoms with Crippen LogP contribution in [0.3, 0.4) is 0 Å². The van der Waals surface area contributed by atoms with Crippen LogP contribution in [-0.4, -0.2) is 5.11 Å². The van der Waals surface area contributed by atoms with Gasteiger partial charge in [-0.25, -0.2) is 0 Å². The maximum absolute atomic E-state index is 8.78. The van der Waals surface area contributed by atoms with Gasteiger partial charge in [-0.2, -0.15) is 0 Å². The lowest BCUT2D eigenvalue weighted by atomic mass is 10.2. The summed E-state index contributed by atoms with van der Waals surface area (Å²) < 4.78 is 6.94. The fourth-order valence-electron chi connectivity index (χ4n) is 0.653. The molecule has 0 fully saturated rings. The fourth-order valence-corrected chi connectivity index (χ4v) is 0.653. The number of rotatable bonds is 1. The van der Waals surface area contributed by atoms with Crippen LogP contribution in [-0.2, 0) is 6.58 Å². The van der Waals surface area contributed by atoms with Gasteiger partial charge in [0.15, 0.2) is 0 Å². The molecule has 0 bridgehead atoms. The second kappa shape index (κ2) is 2.65. The smallest absolute Gasteiger partial charge is 0.0681 e. The second-order valence-electron chi connectivity index (χ2n) is 2.04. The van der Waals surface area contributed by atoms with E-state index in [-0.39, 0.29) is 0 Å². The number of hydrogen-bond donors (Lipinski definition) is 1. The highest BCUT2D eigenvalue weighted by Gasteiger charge is 1.85. The van der Waals surface area contributed by atoms with Crippen LogP contribution < -0.4 is 0 Å². The van der Waals surface area contributed by atoms with Gasteiger partial charge in [-0.3, -0.25) is 0 Å². The first-order valence-electron chi connectivity index (χ1n) is 3.45. The SMILES string of the molecule is [2H][C@@H](O)c1ccc(C)cc1. The molecule has 1 rings (SSSR count). The standard InChI is InChI=1S/C8H10O/c1-7-2-4-8(6-9)5-3-7/h2-5,9H,6H2,1H3/i6D/t6-/m1/s1. The lowest BCUT2D eigenvalue weighted by Crippen LogP contribution is -1.80. The van der Waals surface area contributed by atoms with Crippen molar-refractivity contribution in [1.29, 1.82) is 0 Å². The molecule has 0 aliphatic rings. The molecule has 1 heteroatoms. The lowest BCUT2D eigenvalue weighted by molar-refractivity contribution is 0.282. The van der Waals surface area contributed by atoms with Crippen LogP contribution >= 0.6 is 0 Å². The summed E-state index contributed by atoms with van der Waals surface area (Å²) in [7, 11) is 0. The van der Waals surface area contributed by atoms with Crippen molar-refractivity contribution in [2.75, 3.05) is 0 Å². The highest BCUT2D eigenvalue weighted by molar-refractivity contribution is 5.20. The van der Waals surface area contributed by atoms with Crippen molar-refractivity contribution in [2.45, 2.75) is 13.5 Å². The van der Waals surface area contributed by atoms with Crippen molar-refractivity contribution < 1.29 is 6.48 Å². The summed E-state index contributed by atoms with van der Waals surface area (Å²) in [5.74, 6) is 0. The zero-order valence-electron chi connectivity index (χ0n) is 6.33. The first kappa shape index (κ1) is 5.00. The van der Waals surface area contributed by atoms with E-state index in [2.05, 4.69) is 0 Å². The van der Waals surface area contributed by atoms with Crippen molar-refractivity contribution in [3.05, 3.63) is 35.4 Å². The summed E-state index contributed by atoms with van der Waals surface area (Å²) >= 11 is 0. The molecule has 0 unspecified atom stereocenters. The molecule has 0 heterocycles. The minimum atomic E-state index is -1.10. The lowest BCUT2D eigenvalue weighted by Gasteiger charge is -1.93. The number of aliphatic hydroxyl groups excluding tert-OH is 1. The Labute approximate surface area is 56.4 Å². The van der Waals surface area contributed by atoms with Crippen molar-refractivity contribution in [3.63, 3.8) is 0 Å². The van der Waals surface area contributed by atoms with Crippen LogP contribution in [0.1, 0.15) is 12.5 Å². The number of aliphatic hydroxyl groups is 1. The van der Waals surface area contributed by atoms with Crippen LogP contribution in [0.2, 0.25) is 0 Å². The first-order valence-corrected chi connectivity index (χ1v) is 2.87. The predicted molar refractivity (Wildman–Crippen MR) is 37.1 cm³/mol. The average Bonchev–Trinajstić information content (AvgIpc) is 1.88. The fraction of sp³-hybridized carbons (Fsp3) is 0.250. The molecule has 1 N–H and O–H groups in total. The average molecular weight is 123 g/mol. The second-order valence-corrected chi connectivity index (χ2v) is 2.04. The van der Waals surface area contributed by atoms with E-state index in [4.69, 9.17) is 6.48 Å². The molecule has 0 radical (unpaired) electrons. The van der Waals surface area contributed by atoms with Crippen molar-refractivity contribution in [3.8, 4) is 0 Å². The molecule has 1 atom stereocenters. The minimum Gasteiger partial charge on any atom is -0.392 e. The van der Waals surface area contributed by atoms with Gasteiger partial charge in [0.05, 0.1) is 7.95 Å². The van der Waals surface area contributed by atoms with E-state index < -0.39 is 6.58 Å². The van der Waals surface area contributed by atoms with Crippen molar-refractivity contribution >= 4 is 0 Å². The van der Waals surface area contributed by atoms with Crippen LogP contribution in [0.4, 0.5) is 0 Å². The van der Waals surface area contributed by atoms with Gasteiger partial charge in [-0.1, -0.05) is 29.8 Å². The van der Waals surface area contributed by atoms with Gasteiger partial charge in [-0.05, 0) is 12.5 Å². The van der Waals surface area contributed by atoms with Crippen LogP contribution in [0.25, 0.3) is 0 Å². The van der Waals surface area contributed by atoms with Gasteiger partial charge in [-0.15, -0.1) is 0 Å². The molecule has 1 aromatic carbocycles. The van der Waals surface area contributed by atoms with E-state index in [1.807, 2.05) is 19.1 Å². The molecule has 0 saturated heterocycles. The van der Waals surface area contributed by atoms with Gasteiger partial charge in [0.25, 0.3) is 0 Å². The highest BCUT2D eigenvalue weighted by atomic mass is 16.3. The summed E-state index contributed by atoms with van der Waals surface area (Å²) in [6.45, 7) is 0.876. The molecule has 9 heavy (non-hydrogen) atoms. The zero-order valence-corrected chi connectivity index (χ0v) is 5.33. The molecule has 0 spiro atoms. The van der Waals surface area contributed by atoms with Crippen molar-refractivity contribution in [1.82, 2.24) is 0 Å². The Hall–Kier alpha value is -0.820. The largest absolute Gasteiger partial charge is 0.392 e. The summed E-state index contributed by atoms with van der Waals surface area (Å²) in [6, 6.07) is 7.28. The molecule has 1 aromatic rings. The number of benzene rings is 1. The third kappa shape index (κ3) is 1.54. The monoisotopic (exact) mass is 123 g/mol. The summed E-state index contributed by atoms with van der Waals surface area (Å²) in [5, 5.41) is 8.78. The van der Waals surface area contributed by atoms with E-state index >= 15 is 0 Å². The Morgan fingerprint density at radius 2 is 2.00 bits per heavy atom. The molecule has 1 nitrogen and oxygen atoms in total. The molecular formula is C8H10O. The Morgan fingerprint density at radius 3 is 2.44 bits per heavy atom. The van der Waals surface area contributed by atoms with Gasteiger partial charge in [0.1, 0.15) is 0 Å². The van der Waals surface area contributed by atoms with Gasteiger partial charge in [0.2, 0.25) is 0 Å². The topological polar surface area (TPSA) is 20.2 Å². The number of aryl methyl sites for hydroxylation is 1. The van der Waals surface area contributed by atoms with Gasteiger partial charge >= 0.3 is 0 Å². The predicted octanol–water partition coefficient (Wildman–Crippen LogP) is 1.49. The summed E-state index contributed by atoms with van der Waals surface area (Å²) in [6.07, 6.45) is 0. The summed E-state index contributed by atoms with van der Waals surface area (Å²) in [4.78, 5) is 0. The molecular weight excluding hydrogens is 112 g/mol. The van der Waals surface area contributed by atoms with E-state index in [1.165, 1.54) is 0 Å². The van der Waals surface area contributed by atoms with Crippen LogP contribution in [0, 0.1) is 6.92 Å². The van der Waals surface area contributed by atoms with E-state index in [0.29, 0.717) is 5.56 Å². The zero-order chi connectivity index (χ0) is 7.56. The normalized spacial score (nSPS) is 14.7.